The highest BCUT2D eigenvalue weighted by Crippen LogP contribution is 2.57. The van der Waals surface area contributed by atoms with Crippen LogP contribution >= 0.6 is 0 Å². The summed E-state index contributed by atoms with van der Waals surface area (Å²) in [6.07, 6.45) is 8.12. The molecule has 1 aromatic carbocycles. The summed E-state index contributed by atoms with van der Waals surface area (Å²) in [5, 5.41) is 3.11. The van der Waals surface area contributed by atoms with Crippen LogP contribution in [-0.4, -0.2) is 35.3 Å². The second-order valence-electron chi connectivity index (χ2n) is 11.7. The first kappa shape index (κ1) is 20.1. The number of rotatable bonds is 2. The Bertz CT molecular complexity index is 846. The molecule has 30 heavy (non-hydrogen) atoms. The second kappa shape index (κ2) is 6.83. The average molecular weight is 409 g/mol. The van der Waals surface area contributed by atoms with Crippen molar-refractivity contribution < 1.29 is 9.59 Å². The van der Waals surface area contributed by atoms with E-state index in [2.05, 4.69) is 55.3 Å². The molecule has 2 aliphatic carbocycles. The van der Waals surface area contributed by atoms with Crippen LogP contribution in [0.5, 0.6) is 0 Å². The summed E-state index contributed by atoms with van der Waals surface area (Å²) < 4.78 is 0. The molecule has 0 radical (unpaired) electrons. The fourth-order valence-electron chi connectivity index (χ4n) is 6.49. The Morgan fingerprint density at radius 2 is 1.77 bits per heavy atom. The molecular weight excluding hydrogens is 372 g/mol. The first-order chi connectivity index (χ1) is 14.2. The molecule has 4 aliphatic rings. The minimum absolute atomic E-state index is 0.0444. The first-order valence-corrected chi connectivity index (χ1v) is 11.9. The SMILES string of the molecule is CC(C)(C)c1cccc(C2CC3(CCN(C(=O)C4CC5(CCC(=O)N5)C4)CC3)C2)c1. The van der Waals surface area contributed by atoms with Gasteiger partial charge in [-0.3, -0.25) is 9.59 Å². The Hall–Kier alpha value is -1.84. The molecule has 2 heterocycles. The first-order valence-electron chi connectivity index (χ1n) is 11.9. The van der Waals surface area contributed by atoms with Gasteiger partial charge in [0.2, 0.25) is 11.8 Å². The Labute approximate surface area is 180 Å². The third-order valence-electron chi connectivity index (χ3n) is 8.58. The number of carbonyl (C=O) groups is 2. The molecule has 2 saturated heterocycles. The third kappa shape index (κ3) is 3.46. The molecule has 2 saturated carbocycles. The van der Waals surface area contributed by atoms with Gasteiger partial charge in [-0.25, -0.2) is 0 Å². The number of amides is 2. The van der Waals surface area contributed by atoms with Crippen LogP contribution in [0, 0.1) is 11.3 Å². The summed E-state index contributed by atoms with van der Waals surface area (Å²) in [6.45, 7) is 8.69. The van der Waals surface area contributed by atoms with Gasteiger partial charge in [0.15, 0.2) is 0 Å². The van der Waals surface area contributed by atoms with E-state index in [1.165, 1.54) is 24.0 Å². The summed E-state index contributed by atoms with van der Waals surface area (Å²) in [5.74, 6) is 1.32. The van der Waals surface area contributed by atoms with Crippen LogP contribution in [-0.2, 0) is 15.0 Å². The molecule has 2 spiro atoms. The van der Waals surface area contributed by atoms with Crippen molar-refractivity contribution in [3.05, 3.63) is 35.4 Å². The van der Waals surface area contributed by atoms with Crippen LogP contribution < -0.4 is 5.32 Å². The lowest BCUT2D eigenvalue weighted by molar-refractivity contribution is -0.145. The standard InChI is InChI=1S/C26H36N2O2/c1-24(2,3)21-6-4-5-18(13-21)19-14-25(15-19)9-11-28(12-10-25)23(30)20-16-26(17-20)8-7-22(29)27-26/h4-6,13,19-20H,7-12,14-17H2,1-3H3,(H,27,29). The number of piperidine rings is 1. The molecule has 1 N–H and O–H groups in total. The maximum absolute atomic E-state index is 12.9. The maximum atomic E-state index is 12.9. The monoisotopic (exact) mass is 408 g/mol. The van der Waals surface area contributed by atoms with Crippen LogP contribution in [0.15, 0.2) is 24.3 Å². The van der Waals surface area contributed by atoms with Crippen molar-refractivity contribution in [3.63, 3.8) is 0 Å². The van der Waals surface area contributed by atoms with Gasteiger partial charge < -0.3 is 10.2 Å². The van der Waals surface area contributed by atoms with Gasteiger partial charge in [0, 0.05) is 31.0 Å². The molecule has 4 heteroatoms. The normalized spacial score (nSPS) is 27.6. The molecule has 162 valence electrons. The van der Waals surface area contributed by atoms with E-state index in [9.17, 15) is 9.59 Å². The number of nitrogens with one attached hydrogen (secondary N) is 1. The van der Waals surface area contributed by atoms with Gasteiger partial charge in [0.05, 0.1) is 0 Å². The number of hydrogen-bond acceptors (Lipinski definition) is 2. The van der Waals surface area contributed by atoms with Crippen molar-refractivity contribution in [2.45, 2.75) is 89.0 Å². The zero-order chi connectivity index (χ0) is 21.1. The van der Waals surface area contributed by atoms with Crippen molar-refractivity contribution in [2.24, 2.45) is 11.3 Å². The van der Waals surface area contributed by atoms with E-state index >= 15 is 0 Å². The van der Waals surface area contributed by atoms with E-state index in [0.717, 1.165) is 45.2 Å². The number of hydrogen-bond donors (Lipinski definition) is 1. The second-order valence-corrected chi connectivity index (χ2v) is 11.7. The summed E-state index contributed by atoms with van der Waals surface area (Å²) in [7, 11) is 0. The van der Waals surface area contributed by atoms with Crippen LogP contribution in [0.1, 0.15) is 89.2 Å². The van der Waals surface area contributed by atoms with Crippen molar-refractivity contribution >= 4 is 11.8 Å². The summed E-state index contributed by atoms with van der Waals surface area (Å²) in [5.41, 5.74) is 3.55. The molecule has 0 aromatic heterocycles. The molecule has 2 aliphatic heterocycles. The largest absolute Gasteiger partial charge is 0.351 e. The number of carbonyl (C=O) groups excluding carboxylic acids is 2. The van der Waals surface area contributed by atoms with Gasteiger partial charge in [-0.15, -0.1) is 0 Å². The minimum Gasteiger partial charge on any atom is -0.351 e. The van der Waals surface area contributed by atoms with Crippen molar-refractivity contribution in [3.8, 4) is 0 Å². The molecule has 0 unspecified atom stereocenters. The van der Waals surface area contributed by atoms with Gasteiger partial charge in [-0.1, -0.05) is 45.0 Å². The fraction of sp³-hybridized carbons (Fsp3) is 0.692. The molecule has 0 bridgehead atoms. The van der Waals surface area contributed by atoms with E-state index in [1.54, 1.807) is 0 Å². The zero-order valence-electron chi connectivity index (χ0n) is 18.8. The maximum Gasteiger partial charge on any atom is 0.225 e. The minimum atomic E-state index is -0.0444. The van der Waals surface area contributed by atoms with Gasteiger partial charge >= 0.3 is 0 Å². The van der Waals surface area contributed by atoms with Crippen molar-refractivity contribution in [1.29, 1.82) is 0 Å². The van der Waals surface area contributed by atoms with Gasteiger partial charge in [0.1, 0.15) is 0 Å². The zero-order valence-corrected chi connectivity index (χ0v) is 18.8. The molecule has 1 aromatic rings. The lowest BCUT2D eigenvalue weighted by Crippen LogP contribution is -2.58. The molecule has 4 fully saturated rings. The van der Waals surface area contributed by atoms with Crippen LogP contribution in [0.25, 0.3) is 0 Å². The van der Waals surface area contributed by atoms with E-state index < -0.39 is 0 Å². The summed E-state index contributed by atoms with van der Waals surface area (Å²) in [4.78, 5) is 26.6. The molecular formula is C26H36N2O2. The summed E-state index contributed by atoms with van der Waals surface area (Å²) in [6, 6.07) is 9.20. The van der Waals surface area contributed by atoms with Gasteiger partial charge in [-0.05, 0) is 72.8 Å². The number of nitrogens with zero attached hydrogens (tertiary/aromatic N) is 1. The third-order valence-corrected chi connectivity index (χ3v) is 8.58. The lowest BCUT2D eigenvalue weighted by atomic mass is 9.55. The number of likely N-dealkylation sites (tertiary alicyclic amines) is 1. The lowest BCUT2D eigenvalue weighted by Gasteiger charge is -2.54. The van der Waals surface area contributed by atoms with Crippen LogP contribution in [0.2, 0.25) is 0 Å². The van der Waals surface area contributed by atoms with E-state index in [1.807, 2.05) is 0 Å². The van der Waals surface area contributed by atoms with Gasteiger partial charge in [-0.2, -0.15) is 0 Å². The smallest absolute Gasteiger partial charge is 0.225 e. The predicted octanol–water partition coefficient (Wildman–Crippen LogP) is 4.53. The van der Waals surface area contributed by atoms with E-state index in [-0.39, 0.29) is 22.8 Å². The molecule has 4 nitrogen and oxygen atoms in total. The highest BCUT2D eigenvalue weighted by atomic mass is 16.2. The molecule has 5 rings (SSSR count). The predicted molar refractivity (Wildman–Crippen MR) is 118 cm³/mol. The highest BCUT2D eigenvalue weighted by Gasteiger charge is 2.53. The van der Waals surface area contributed by atoms with Crippen LogP contribution in [0.4, 0.5) is 0 Å². The Morgan fingerprint density at radius 3 is 2.37 bits per heavy atom. The molecule has 0 atom stereocenters. The summed E-state index contributed by atoms with van der Waals surface area (Å²) >= 11 is 0. The van der Waals surface area contributed by atoms with E-state index in [4.69, 9.17) is 0 Å². The van der Waals surface area contributed by atoms with Gasteiger partial charge in [0.25, 0.3) is 0 Å². The van der Waals surface area contributed by atoms with Crippen molar-refractivity contribution in [2.75, 3.05) is 13.1 Å². The Morgan fingerprint density at radius 1 is 1.07 bits per heavy atom. The van der Waals surface area contributed by atoms with Crippen LogP contribution in [0.3, 0.4) is 0 Å². The Balaban J connectivity index is 1.12. The van der Waals surface area contributed by atoms with Crippen molar-refractivity contribution in [1.82, 2.24) is 10.2 Å². The Kier molecular flexibility index (Phi) is 4.57. The quantitative estimate of drug-likeness (QED) is 0.782. The average Bonchev–Trinajstić information content (AvgIpc) is 3.06. The van der Waals surface area contributed by atoms with E-state index in [0.29, 0.717) is 23.7 Å². The topological polar surface area (TPSA) is 49.4 Å². The number of benzene rings is 1. The highest BCUT2D eigenvalue weighted by molar-refractivity contribution is 5.83. The molecule has 2 amide bonds. The fourth-order valence-corrected chi connectivity index (χ4v) is 6.49.